The van der Waals surface area contributed by atoms with Crippen molar-refractivity contribution in [2.24, 2.45) is 39.6 Å². The van der Waals surface area contributed by atoms with E-state index in [0.29, 0.717) is 44.4 Å². The van der Waals surface area contributed by atoms with Gasteiger partial charge in [0, 0.05) is 6.54 Å². The molecule has 0 saturated heterocycles. The first-order valence-electron chi connectivity index (χ1n) is 21.1. The highest BCUT2D eigenvalue weighted by atomic mass is 32.2. The summed E-state index contributed by atoms with van der Waals surface area (Å²) >= 11 is 1.51. The van der Waals surface area contributed by atoms with Crippen molar-refractivity contribution in [3.05, 3.63) is 0 Å². The summed E-state index contributed by atoms with van der Waals surface area (Å²) in [6, 6.07) is -7.73. The lowest BCUT2D eigenvalue weighted by molar-refractivity contribution is -0.144. The number of carboxylic acid groups (broad SMARTS) is 2. The van der Waals surface area contributed by atoms with Gasteiger partial charge < -0.3 is 81.4 Å². The van der Waals surface area contributed by atoms with Gasteiger partial charge in [-0.15, -0.1) is 0 Å². The zero-order valence-electron chi connectivity index (χ0n) is 37.3. The van der Waals surface area contributed by atoms with Crippen molar-refractivity contribution in [1.29, 1.82) is 0 Å². The van der Waals surface area contributed by atoms with Gasteiger partial charge in [-0.25, -0.2) is 4.79 Å². The maximum Gasteiger partial charge on any atom is 0.326 e. The average Bonchev–Trinajstić information content (AvgIpc) is 3.24. The van der Waals surface area contributed by atoms with Gasteiger partial charge in [0.25, 0.3) is 0 Å². The number of guanidine groups is 1. The van der Waals surface area contributed by atoms with Gasteiger partial charge in [-0.3, -0.25) is 48.1 Å². The maximum absolute atomic E-state index is 13.4. The molecule has 0 heterocycles. The second-order valence-electron chi connectivity index (χ2n) is 15.1. The molecule has 0 saturated carbocycles. The van der Waals surface area contributed by atoms with Gasteiger partial charge in [0.15, 0.2) is 5.96 Å². The van der Waals surface area contributed by atoms with E-state index in [2.05, 4.69) is 47.5 Å². The van der Waals surface area contributed by atoms with E-state index in [1.165, 1.54) is 11.8 Å². The van der Waals surface area contributed by atoms with Crippen LogP contribution in [-0.2, 0) is 47.9 Å². The fraction of sp³-hybridized carbons (Fsp3) is 0.711. The highest BCUT2D eigenvalue weighted by molar-refractivity contribution is 7.98. The Morgan fingerprint density at radius 2 is 1.03 bits per heavy atom. The molecule has 27 heteroatoms. The van der Waals surface area contributed by atoms with Crippen molar-refractivity contribution in [2.45, 2.75) is 114 Å². The molecule has 65 heavy (non-hydrogen) atoms. The Morgan fingerprint density at radius 1 is 0.569 bits per heavy atom. The number of hydrogen-bond donors (Lipinski definition) is 15. The molecule has 6 atom stereocenters. The summed E-state index contributed by atoms with van der Waals surface area (Å²) in [4.78, 5) is 131. The van der Waals surface area contributed by atoms with Crippen molar-refractivity contribution in [2.75, 3.05) is 51.3 Å². The topological polar surface area (TPSA) is 450 Å². The summed E-state index contributed by atoms with van der Waals surface area (Å²) in [7, 11) is 0. The van der Waals surface area contributed by atoms with E-state index in [-0.39, 0.29) is 44.7 Å². The molecular formula is C38H70N14O12S. The van der Waals surface area contributed by atoms with Crippen molar-refractivity contribution in [3.63, 3.8) is 0 Å². The van der Waals surface area contributed by atoms with E-state index in [1.54, 1.807) is 13.8 Å². The molecule has 370 valence electrons. The van der Waals surface area contributed by atoms with Crippen molar-refractivity contribution >= 4 is 76.9 Å². The number of unbranched alkanes of at least 4 members (excludes halogenated alkanes) is 2. The Balaban J connectivity index is 5.70. The summed E-state index contributed by atoms with van der Waals surface area (Å²) in [6.07, 6.45) is 3.23. The van der Waals surface area contributed by atoms with Crippen molar-refractivity contribution < 1.29 is 58.2 Å². The number of aliphatic imine (C=N–C) groups is 1. The number of rotatable bonds is 35. The lowest BCUT2D eigenvalue weighted by Gasteiger charge is -2.24. The number of carboxylic acids is 2. The van der Waals surface area contributed by atoms with Crippen LogP contribution in [0.2, 0.25) is 0 Å². The highest BCUT2D eigenvalue weighted by Crippen LogP contribution is 2.07. The minimum absolute atomic E-state index is 0.00853. The summed E-state index contributed by atoms with van der Waals surface area (Å²) < 4.78 is 0. The smallest absolute Gasteiger partial charge is 0.326 e. The fourth-order valence-corrected chi connectivity index (χ4v) is 6.19. The number of carbonyl (C=O) groups excluding carboxylic acids is 8. The van der Waals surface area contributed by atoms with E-state index < -0.39 is 127 Å². The molecule has 0 aliphatic carbocycles. The number of hydrogen-bond acceptors (Lipinski definition) is 15. The predicted molar refractivity (Wildman–Crippen MR) is 240 cm³/mol. The van der Waals surface area contributed by atoms with Crippen LogP contribution in [0.5, 0.6) is 0 Å². The lowest BCUT2D eigenvalue weighted by atomic mass is 10.0. The zero-order valence-corrected chi connectivity index (χ0v) is 38.1. The number of nitrogens with zero attached hydrogens (tertiary/aromatic N) is 1. The summed E-state index contributed by atoms with van der Waals surface area (Å²) in [5.41, 5.74) is 27.6. The Bertz CT molecular complexity index is 1620. The molecule has 0 aromatic rings. The standard InChI is InChI=1S/C38H70N14O12S/c1-21(2)31(52-29(55)20-46-33(59)23(9-4-6-13-39)48-27(53)18-45-32(58)22(41)12-16-65-3)36(62)47-19-28(54)49-24(11-8-15-44-38(42)43)34(60)51-26(17-30(56)57)35(61)50-25(37(63)64)10-5-7-14-40/h21-26,31H,4-20,39-41H2,1-3H3,(H,45,58)(H,46,59)(H,47,62)(H,48,53)(H,49,54)(H,50,61)(H,51,60)(H,52,55)(H,56,57)(H,63,64)(H4,42,43,44)/t22-,23-,24-,25-,26-,31-/m0/s1. The third kappa shape index (κ3) is 27.2. The number of nitrogens with one attached hydrogen (secondary N) is 8. The molecular weight excluding hydrogens is 877 g/mol. The number of amides is 8. The number of nitrogens with two attached hydrogens (primary N) is 5. The van der Waals surface area contributed by atoms with E-state index in [1.807, 2.05) is 6.26 Å². The van der Waals surface area contributed by atoms with Crippen LogP contribution in [0.25, 0.3) is 0 Å². The Labute approximate surface area is 382 Å². The number of aliphatic carboxylic acids is 2. The van der Waals surface area contributed by atoms with Gasteiger partial charge in [-0.1, -0.05) is 13.8 Å². The normalized spacial score (nSPS) is 13.6. The minimum Gasteiger partial charge on any atom is -0.481 e. The molecule has 0 spiro atoms. The molecule has 0 aromatic heterocycles. The second kappa shape index (κ2) is 33.7. The summed E-state index contributed by atoms with van der Waals surface area (Å²) in [5, 5.41) is 38.1. The SMILES string of the molecule is CSCC[C@H](N)C(=O)NCC(=O)N[C@@H](CCCCN)C(=O)NCC(=O)N[C@H](C(=O)NCC(=O)N[C@@H](CCCN=C(N)N)C(=O)N[C@@H](CC(=O)O)C(=O)N[C@@H](CCCCN)C(=O)O)C(C)C. The highest BCUT2D eigenvalue weighted by Gasteiger charge is 2.32. The maximum atomic E-state index is 13.4. The average molecular weight is 947 g/mol. The van der Waals surface area contributed by atoms with Crippen molar-refractivity contribution in [1.82, 2.24) is 42.5 Å². The van der Waals surface area contributed by atoms with Gasteiger partial charge >= 0.3 is 11.9 Å². The largest absolute Gasteiger partial charge is 0.481 e. The first-order valence-corrected chi connectivity index (χ1v) is 22.5. The first-order chi connectivity index (χ1) is 30.7. The van der Waals surface area contributed by atoms with E-state index >= 15 is 0 Å². The zero-order chi connectivity index (χ0) is 49.5. The predicted octanol–water partition coefficient (Wildman–Crippen LogP) is -5.63. The molecule has 0 radical (unpaired) electrons. The number of carbonyl (C=O) groups is 10. The van der Waals surface area contributed by atoms with Crippen LogP contribution in [0.15, 0.2) is 4.99 Å². The summed E-state index contributed by atoms with van der Waals surface area (Å²) in [5.74, 6) is -9.60. The Hall–Kier alpha value is -5.80. The molecule has 0 bridgehead atoms. The Kier molecular flexibility index (Phi) is 30.7. The van der Waals surface area contributed by atoms with Gasteiger partial charge in [0.05, 0.1) is 32.1 Å². The van der Waals surface area contributed by atoms with Crippen LogP contribution in [-0.4, -0.2) is 163 Å². The summed E-state index contributed by atoms with van der Waals surface area (Å²) in [6.45, 7) is 2.04. The minimum atomic E-state index is -1.76. The van der Waals surface area contributed by atoms with Crippen molar-refractivity contribution in [3.8, 4) is 0 Å². The van der Waals surface area contributed by atoms with Crippen LogP contribution in [0.1, 0.15) is 78.1 Å². The molecule has 26 nitrogen and oxygen atoms in total. The van der Waals surface area contributed by atoms with Crippen LogP contribution < -0.4 is 71.2 Å². The van der Waals surface area contributed by atoms with Crippen LogP contribution in [0.3, 0.4) is 0 Å². The molecule has 0 aromatic carbocycles. The van der Waals surface area contributed by atoms with Gasteiger partial charge in [0.2, 0.25) is 47.3 Å². The first kappa shape index (κ1) is 59.2. The molecule has 0 fully saturated rings. The molecule has 0 unspecified atom stereocenters. The Morgan fingerprint density at radius 3 is 1.52 bits per heavy atom. The second-order valence-corrected chi connectivity index (χ2v) is 16.1. The molecule has 0 rings (SSSR count). The van der Waals surface area contributed by atoms with Gasteiger partial charge in [-0.2, -0.15) is 11.8 Å². The van der Waals surface area contributed by atoms with Crippen LogP contribution >= 0.6 is 11.8 Å². The van der Waals surface area contributed by atoms with Crippen LogP contribution in [0, 0.1) is 5.92 Å². The molecule has 0 aliphatic heterocycles. The fourth-order valence-electron chi connectivity index (χ4n) is 5.71. The third-order valence-corrected chi connectivity index (χ3v) is 9.92. The van der Waals surface area contributed by atoms with Gasteiger partial charge in [0.1, 0.15) is 30.2 Å². The molecule has 20 N–H and O–H groups in total. The van der Waals surface area contributed by atoms with Crippen LogP contribution in [0.4, 0.5) is 0 Å². The molecule has 0 aliphatic rings. The quantitative estimate of drug-likeness (QED) is 0.0160. The van der Waals surface area contributed by atoms with Gasteiger partial charge in [-0.05, 0) is 88.8 Å². The van der Waals surface area contributed by atoms with E-state index in [4.69, 9.17) is 28.7 Å². The lowest BCUT2D eigenvalue weighted by Crippen LogP contribution is -2.57. The van der Waals surface area contributed by atoms with E-state index in [9.17, 15) is 58.2 Å². The monoisotopic (exact) mass is 947 g/mol. The third-order valence-electron chi connectivity index (χ3n) is 9.27. The van der Waals surface area contributed by atoms with E-state index in [0.717, 1.165) is 0 Å². The molecule has 8 amide bonds. The number of thioether (sulfide) groups is 1.